The smallest absolute Gasteiger partial charge is 0.317 e. The largest absolute Gasteiger partial charge is 0.481 e. The van der Waals surface area contributed by atoms with Gasteiger partial charge in [0.25, 0.3) is 0 Å². The first kappa shape index (κ1) is 14.1. The third-order valence-electron chi connectivity index (χ3n) is 4.12. The molecule has 0 aromatic heterocycles. The molecule has 0 saturated carbocycles. The molecule has 6 heteroatoms. The molecule has 0 spiro atoms. The number of hydrogen-bond acceptors (Lipinski definition) is 3. The number of rotatable bonds is 4. The molecule has 19 heavy (non-hydrogen) atoms. The van der Waals surface area contributed by atoms with E-state index in [1.54, 1.807) is 4.90 Å². The van der Waals surface area contributed by atoms with Gasteiger partial charge in [-0.15, -0.1) is 0 Å². The molecule has 2 aliphatic heterocycles. The third-order valence-corrected chi connectivity index (χ3v) is 4.12. The monoisotopic (exact) mass is 269 g/mol. The highest BCUT2D eigenvalue weighted by atomic mass is 16.4. The number of carboxylic acids is 1. The molecule has 2 aliphatic rings. The highest BCUT2D eigenvalue weighted by molar-refractivity contribution is 5.77. The molecule has 108 valence electrons. The molecule has 2 saturated heterocycles. The second-order valence-electron chi connectivity index (χ2n) is 5.61. The van der Waals surface area contributed by atoms with Crippen molar-refractivity contribution in [2.24, 2.45) is 11.8 Å². The van der Waals surface area contributed by atoms with Crippen molar-refractivity contribution in [1.29, 1.82) is 0 Å². The Morgan fingerprint density at radius 1 is 1.26 bits per heavy atom. The Morgan fingerprint density at radius 3 is 2.53 bits per heavy atom. The van der Waals surface area contributed by atoms with E-state index in [1.165, 1.54) is 12.8 Å². The van der Waals surface area contributed by atoms with E-state index in [0.29, 0.717) is 19.6 Å². The molecule has 0 aromatic carbocycles. The van der Waals surface area contributed by atoms with Crippen molar-refractivity contribution in [1.82, 2.24) is 15.1 Å². The molecule has 2 N–H and O–H groups in total. The van der Waals surface area contributed by atoms with E-state index < -0.39 is 11.9 Å². The van der Waals surface area contributed by atoms with Crippen molar-refractivity contribution in [3.8, 4) is 0 Å². The molecule has 2 atom stereocenters. The Balaban J connectivity index is 1.70. The molecule has 0 bridgehead atoms. The van der Waals surface area contributed by atoms with Crippen LogP contribution in [0.1, 0.15) is 19.8 Å². The van der Waals surface area contributed by atoms with Gasteiger partial charge in [-0.1, -0.05) is 6.92 Å². The Hall–Kier alpha value is -1.30. The topological polar surface area (TPSA) is 72.9 Å². The Morgan fingerprint density at radius 2 is 1.95 bits per heavy atom. The SMILES string of the molecule is C[C@@H]1CN(C(=O)NCCN2CCCC2)C[C@H]1C(=O)O. The lowest BCUT2D eigenvalue weighted by atomic mass is 9.99. The summed E-state index contributed by atoms with van der Waals surface area (Å²) in [7, 11) is 0. The van der Waals surface area contributed by atoms with Gasteiger partial charge >= 0.3 is 12.0 Å². The normalized spacial score (nSPS) is 27.7. The van der Waals surface area contributed by atoms with Gasteiger partial charge in [-0.2, -0.15) is 0 Å². The number of nitrogens with zero attached hydrogens (tertiary/aromatic N) is 2. The van der Waals surface area contributed by atoms with Gasteiger partial charge in [0.15, 0.2) is 0 Å². The number of aliphatic carboxylic acids is 1. The number of urea groups is 1. The van der Waals surface area contributed by atoms with E-state index >= 15 is 0 Å². The van der Waals surface area contributed by atoms with Crippen LogP contribution in [-0.4, -0.2) is 66.2 Å². The highest BCUT2D eigenvalue weighted by Gasteiger charge is 2.36. The van der Waals surface area contributed by atoms with E-state index in [0.717, 1.165) is 19.6 Å². The number of hydrogen-bond donors (Lipinski definition) is 2. The third kappa shape index (κ3) is 3.59. The molecular formula is C13H23N3O3. The van der Waals surface area contributed by atoms with Crippen LogP contribution in [0.15, 0.2) is 0 Å². The van der Waals surface area contributed by atoms with Crippen LogP contribution in [-0.2, 0) is 4.79 Å². The maximum absolute atomic E-state index is 11.9. The predicted molar refractivity (Wildman–Crippen MR) is 70.9 cm³/mol. The minimum Gasteiger partial charge on any atom is -0.481 e. The number of carbonyl (C=O) groups excluding carboxylic acids is 1. The summed E-state index contributed by atoms with van der Waals surface area (Å²) in [5, 5.41) is 11.9. The van der Waals surface area contributed by atoms with Crippen LogP contribution in [0.5, 0.6) is 0 Å². The first-order valence-corrected chi connectivity index (χ1v) is 7.06. The Bertz CT molecular complexity index is 342. The summed E-state index contributed by atoms with van der Waals surface area (Å²) >= 11 is 0. The summed E-state index contributed by atoms with van der Waals surface area (Å²) < 4.78 is 0. The number of likely N-dealkylation sites (tertiary alicyclic amines) is 2. The molecule has 2 rings (SSSR count). The van der Waals surface area contributed by atoms with Gasteiger partial charge in [0.1, 0.15) is 0 Å². The van der Waals surface area contributed by atoms with Gasteiger partial charge in [-0.25, -0.2) is 4.79 Å². The van der Waals surface area contributed by atoms with E-state index in [1.807, 2.05) is 6.92 Å². The maximum atomic E-state index is 11.9. The standard InChI is InChI=1S/C13H23N3O3/c1-10-8-16(9-11(10)12(17)18)13(19)14-4-7-15-5-2-3-6-15/h10-11H,2-9H2,1H3,(H,14,19)(H,17,18)/t10-,11-/m1/s1. The molecule has 0 radical (unpaired) electrons. The van der Waals surface area contributed by atoms with Gasteiger partial charge in [0.2, 0.25) is 0 Å². The molecule has 2 heterocycles. The van der Waals surface area contributed by atoms with Gasteiger partial charge in [0, 0.05) is 26.2 Å². The minimum atomic E-state index is -0.806. The number of amides is 2. The van der Waals surface area contributed by atoms with Crippen molar-refractivity contribution < 1.29 is 14.7 Å². The average Bonchev–Trinajstić information content (AvgIpc) is 2.98. The van der Waals surface area contributed by atoms with Crippen molar-refractivity contribution in [2.45, 2.75) is 19.8 Å². The van der Waals surface area contributed by atoms with E-state index in [9.17, 15) is 9.59 Å². The van der Waals surface area contributed by atoms with E-state index in [4.69, 9.17) is 5.11 Å². The summed E-state index contributed by atoms with van der Waals surface area (Å²) in [5.41, 5.74) is 0. The van der Waals surface area contributed by atoms with Gasteiger partial charge in [-0.05, 0) is 31.8 Å². The number of carboxylic acid groups (broad SMARTS) is 1. The summed E-state index contributed by atoms with van der Waals surface area (Å²) in [5.74, 6) is -1.20. The number of nitrogens with one attached hydrogen (secondary N) is 1. The Kier molecular flexibility index (Phi) is 4.63. The molecular weight excluding hydrogens is 246 g/mol. The van der Waals surface area contributed by atoms with E-state index in [-0.39, 0.29) is 11.9 Å². The van der Waals surface area contributed by atoms with Crippen LogP contribution in [0.3, 0.4) is 0 Å². The predicted octanol–water partition coefficient (Wildman–Crippen LogP) is 0.444. The lowest BCUT2D eigenvalue weighted by Gasteiger charge is -2.19. The zero-order valence-electron chi connectivity index (χ0n) is 11.5. The first-order chi connectivity index (χ1) is 9.08. The minimum absolute atomic E-state index is 0.0295. The average molecular weight is 269 g/mol. The zero-order chi connectivity index (χ0) is 13.8. The fourth-order valence-corrected chi connectivity index (χ4v) is 2.89. The van der Waals surface area contributed by atoms with Crippen LogP contribution < -0.4 is 5.32 Å². The van der Waals surface area contributed by atoms with Crippen molar-refractivity contribution in [3.05, 3.63) is 0 Å². The van der Waals surface area contributed by atoms with Crippen LogP contribution in [0, 0.1) is 11.8 Å². The maximum Gasteiger partial charge on any atom is 0.317 e. The molecule has 2 fully saturated rings. The summed E-state index contributed by atoms with van der Waals surface area (Å²) in [6, 6.07) is -0.130. The zero-order valence-corrected chi connectivity index (χ0v) is 11.5. The van der Waals surface area contributed by atoms with Crippen LogP contribution >= 0.6 is 0 Å². The molecule has 0 aliphatic carbocycles. The lowest BCUT2D eigenvalue weighted by Crippen LogP contribution is -2.42. The summed E-state index contributed by atoms with van der Waals surface area (Å²) in [4.78, 5) is 26.9. The van der Waals surface area contributed by atoms with Crippen LogP contribution in [0.25, 0.3) is 0 Å². The van der Waals surface area contributed by atoms with Gasteiger partial charge < -0.3 is 20.2 Å². The highest BCUT2D eigenvalue weighted by Crippen LogP contribution is 2.22. The summed E-state index contributed by atoms with van der Waals surface area (Å²) in [6.45, 7) is 6.52. The second-order valence-corrected chi connectivity index (χ2v) is 5.61. The fraction of sp³-hybridized carbons (Fsp3) is 0.846. The lowest BCUT2D eigenvalue weighted by molar-refractivity contribution is -0.142. The van der Waals surface area contributed by atoms with Gasteiger partial charge in [0.05, 0.1) is 5.92 Å². The van der Waals surface area contributed by atoms with Gasteiger partial charge in [-0.3, -0.25) is 4.79 Å². The quantitative estimate of drug-likeness (QED) is 0.777. The van der Waals surface area contributed by atoms with Crippen LogP contribution in [0.2, 0.25) is 0 Å². The summed E-state index contributed by atoms with van der Waals surface area (Å²) in [6.07, 6.45) is 2.50. The van der Waals surface area contributed by atoms with Crippen molar-refractivity contribution in [2.75, 3.05) is 39.3 Å². The molecule has 2 amide bonds. The first-order valence-electron chi connectivity index (χ1n) is 7.06. The molecule has 0 aromatic rings. The molecule has 0 unspecified atom stereocenters. The molecule has 6 nitrogen and oxygen atoms in total. The van der Waals surface area contributed by atoms with Crippen molar-refractivity contribution in [3.63, 3.8) is 0 Å². The fourth-order valence-electron chi connectivity index (χ4n) is 2.89. The van der Waals surface area contributed by atoms with Crippen molar-refractivity contribution >= 4 is 12.0 Å². The van der Waals surface area contributed by atoms with E-state index in [2.05, 4.69) is 10.2 Å². The second kappa shape index (κ2) is 6.23. The number of carbonyl (C=O) groups is 2. The van der Waals surface area contributed by atoms with Crippen LogP contribution in [0.4, 0.5) is 4.79 Å². The Labute approximate surface area is 113 Å².